The van der Waals surface area contributed by atoms with E-state index in [1.807, 2.05) is 0 Å². The van der Waals surface area contributed by atoms with Crippen molar-refractivity contribution in [2.24, 2.45) is 0 Å². The fourth-order valence-electron chi connectivity index (χ4n) is 1.02. The van der Waals surface area contributed by atoms with E-state index < -0.39 is 38.9 Å². The number of aromatic nitrogens is 1. The number of hydrogen-bond donors (Lipinski definition) is 0. The van der Waals surface area contributed by atoms with E-state index in [2.05, 4.69) is 20.9 Å². The molecule has 0 atom stereocenters. The third kappa shape index (κ3) is 2.68. The summed E-state index contributed by atoms with van der Waals surface area (Å²) in [5, 5.41) is 10.5. The lowest BCUT2D eigenvalue weighted by Gasteiger charge is -2.10. The summed E-state index contributed by atoms with van der Waals surface area (Å²) in [7, 11) is 0. The summed E-state index contributed by atoms with van der Waals surface area (Å²) in [4.78, 5) is 11.9. The van der Waals surface area contributed by atoms with Gasteiger partial charge in [-0.1, -0.05) is 0 Å². The summed E-state index contributed by atoms with van der Waals surface area (Å²) in [6.45, 7) is 0. The summed E-state index contributed by atoms with van der Waals surface area (Å²) < 4.78 is 60.6. The Labute approximate surface area is 98.7 Å². The molecule has 0 fully saturated rings. The lowest BCUT2D eigenvalue weighted by Crippen LogP contribution is -2.10. The van der Waals surface area contributed by atoms with Crippen LogP contribution in [0.4, 0.5) is 27.6 Å². The number of nitro groups is 1. The molecule has 1 heterocycles. The number of nitrogens with zero attached hydrogens (tertiary/aromatic N) is 2. The van der Waals surface area contributed by atoms with Crippen LogP contribution in [0.15, 0.2) is 10.7 Å². The van der Waals surface area contributed by atoms with Crippen molar-refractivity contribution in [2.75, 3.05) is 0 Å². The summed E-state index contributed by atoms with van der Waals surface area (Å²) in [5.74, 6) is 0. The Morgan fingerprint density at radius 1 is 1.41 bits per heavy atom. The smallest absolute Gasteiger partial charge is 0.258 e. The number of pyridine rings is 1. The van der Waals surface area contributed by atoms with Gasteiger partial charge in [0.25, 0.3) is 6.43 Å². The molecule has 1 aromatic rings. The zero-order valence-electron chi connectivity index (χ0n) is 7.63. The minimum absolute atomic E-state index is 0.124. The second-order valence-corrected chi connectivity index (χ2v) is 3.57. The zero-order chi connectivity index (χ0) is 13.4. The Bertz CT molecular complexity index is 462. The Balaban J connectivity index is 3.56. The molecule has 0 radical (unpaired) electrons. The maximum absolute atomic E-state index is 12.3. The minimum atomic E-state index is -4.92. The number of hydrogen-bond acceptors (Lipinski definition) is 3. The minimum Gasteiger partial charge on any atom is -0.258 e. The van der Waals surface area contributed by atoms with Gasteiger partial charge in [-0.05, 0) is 15.9 Å². The SMILES string of the molecule is O=[N+]([O-])c1c(C(F)F)ncc(C(F)(F)F)c1Br. The average molecular weight is 321 g/mol. The largest absolute Gasteiger partial charge is 0.419 e. The molecule has 0 aliphatic carbocycles. The van der Waals surface area contributed by atoms with Gasteiger partial charge in [0.1, 0.15) is 4.47 Å². The molecule has 94 valence electrons. The summed E-state index contributed by atoms with van der Waals surface area (Å²) >= 11 is 2.30. The van der Waals surface area contributed by atoms with Crippen LogP contribution < -0.4 is 0 Å². The van der Waals surface area contributed by atoms with Crippen molar-refractivity contribution in [3.05, 3.63) is 32.0 Å². The zero-order valence-corrected chi connectivity index (χ0v) is 9.22. The van der Waals surface area contributed by atoms with Crippen molar-refractivity contribution < 1.29 is 26.9 Å². The van der Waals surface area contributed by atoms with Gasteiger partial charge in [-0.15, -0.1) is 0 Å². The highest BCUT2D eigenvalue weighted by Gasteiger charge is 2.39. The molecule has 0 unspecified atom stereocenters. The van der Waals surface area contributed by atoms with Gasteiger partial charge in [-0.3, -0.25) is 10.1 Å². The molecule has 0 aromatic carbocycles. The predicted octanol–water partition coefficient (Wildman–Crippen LogP) is 3.71. The van der Waals surface area contributed by atoms with Crippen molar-refractivity contribution >= 4 is 21.6 Å². The Morgan fingerprint density at radius 3 is 2.29 bits per heavy atom. The van der Waals surface area contributed by atoms with Crippen LogP contribution in [0, 0.1) is 10.1 Å². The first kappa shape index (κ1) is 13.7. The first-order valence-electron chi connectivity index (χ1n) is 3.84. The Hall–Kier alpha value is -1.32. The van der Waals surface area contributed by atoms with Crippen LogP contribution in [-0.4, -0.2) is 9.91 Å². The van der Waals surface area contributed by atoms with E-state index in [0.29, 0.717) is 0 Å². The standard InChI is InChI=1S/C7H2BrF5N2O2/c8-3-2(7(11,12)13)1-14-4(6(9)10)5(3)15(16)17/h1,6H. The summed E-state index contributed by atoms with van der Waals surface area (Å²) in [5.41, 5.74) is -4.17. The molecule has 0 amide bonds. The molecular weight excluding hydrogens is 319 g/mol. The highest BCUT2D eigenvalue weighted by Crippen LogP contribution is 2.42. The molecule has 0 spiro atoms. The summed E-state index contributed by atoms with van der Waals surface area (Å²) in [6, 6.07) is 0. The normalized spacial score (nSPS) is 11.9. The van der Waals surface area contributed by atoms with E-state index >= 15 is 0 Å². The van der Waals surface area contributed by atoms with Gasteiger partial charge in [0, 0.05) is 6.20 Å². The number of alkyl halides is 5. The van der Waals surface area contributed by atoms with Crippen LogP contribution in [0.25, 0.3) is 0 Å². The summed E-state index contributed by atoms with van der Waals surface area (Å²) in [6.07, 6.45) is -8.13. The number of rotatable bonds is 2. The maximum Gasteiger partial charge on any atom is 0.419 e. The van der Waals surface area contributed by atoms with E-state index in [9.17, 15) is 32.1 Å². The van der Waals surface area contributed by atoms with Crippen LogP contribution in [0.1, 0.15) is 17.7 Å². The van der Waals surface area contributed by atoms with E-state index in [4.69, 9.17) is 0 Å². The molecule has 4 nitrogen and oxygen atoms in total. The first-order chi connectivity index (χ1) is 7.66. The molecule has 0 saturated carbocycles. The van der Waals surface area contributed by atoms with E-state index in [1.165, 1.54) is 0 Å². The third-order valence-electron chi connectivity index (χ3n) is 1.71. The fraction of sp³-hybridized carbons (Fsp3) is 0.286. The molecule has 1 rings (SSSR count). The molecule has 0 aliphatic rings. The third-order valence-corrected chi connectivity index (χ3v) is 2.52. The Kier molecular flexibility index (Phi) is 3.65. The Morgan fingerprint density at radius 2 is 1.94 bits per heavy atom. The van der Waals surface area contributed by atoms with Gasteiger partial charge >= 0.3 is 11.9 Å². The van der Waals surface area contributed by atoms with Crippen molar-refractivity contribution in [3.8, 4) is 0 Å². The number of halogens is 6. The monoisotopic (exact) mass is 320 g/mol. The molecule has 10 heteroatoms. The molecule has 0 aliphatic heterocycles. The molecule has 0 N–H and O–H groups in total. The van der Waals surface area contributed by atoms with Crippen LogP contribution in [0.2, 0.25) is 0 Å². The molecule has 0 saturated heterocycles. The van der Waals surface area contributed by atoms with Crippen molar-refractivity contribution in [1.82, 2.24) is 4.98 Å². The van der Waals surface area contributed by atoms with Crippen LogP contribution in [0.5, 0.6) is 0 Å². The van der Waals surface area contributed by atoms with Crippen molar-refractivity contribution in [1.29, 1.82) is 0 Å². The van der Waals surface area contributed by atoms with Gasteiger partial charge in [0.2, 0.25) is 0 Å². The van der Waals surface area contributed by atoms with Crippen molar-refractivity contribution in [2.45, 2.75) is 12.6 Å². The lowest BCUT2D eigenvalue weighted by atomic mass is 10.2. The van der Waals surface area contributed by atoms with Crippen LogP contribution in [-0.2, 0) is 6.18 Å². The van der Waals surface area contributed by atoms with Gasteiger partial charge in [0.15, 0.2) is 5.69 Å². The second kappa shape index (κ2) is 4.51. The highest BCUT2D eigenvalue weighted by molar-refractivity contribution is 9.10. The second-order valence-electron chi connectivity index (χ2n) is 2.78. The first-order valence-corrected chi connectivity index (χ1v) is 4.63. The van der Waals surface area contributed by atoms with E-state index in [-0.39, 0.29) is 6.20 Å². The van der Waals surface area contributed by atoms with Gasteiger partial charge in [-0.2, -0.15) is 13.2 Å². The lowest BCUT2D eigenvalue weighted by molar-refractivity contribution is -0.387. The molecule has 1 aromatic heterocycles. The highest BCUT2D eigenvalue weighted by atomic mass is 79.9. The fourth-order valence-corrected chi connectivity index (χ4v) is 1.70. The van der Waals surface area contributed by atoms with Crippen LogP contribution in [0.3, 0.4) is 0 Å². The van der Waals surface area contributed by atoms with E-state index in [0.717, 1.165) is 0 Å². The molecule has 0 bridgehead atoms. The van der Waals surface area contributed by atoms with E-state index in [1.54, 1.807) is 0 Å². The van der Waals surface area contributed by atoms with Crippen molar-refractivity contribution in [3.63, 3.8) is 0 Å². The average Bonchev–Trinajstić information content (AvgIpc) is 2.13. The predicted molar refractivity (Wildman–Crippen MR) is 48.6 cm³/mol. The van der Waals surface area contributed by atoms with Crippen LogP contribution >= 0.6 is 15.9 Å². The van der Waals surface area contributed by atoms with Gasteiger partial charge in [0.05, 0.1) is 10.5 Å². The molecule has 17 heavy (non-hydrogen) atoms. The maximum atomic E-state index is 12.3. The molecular formula is C7H2BrF5N2O2. The quantitative estimate of drug-likeness (QED) is 0.474. The van der Waals surface area contributed by atoms with Gasteiger partial charge in [-0.25, -0.2) is 13.8 Å². The topological polar surface area (TPSA) is 56.0 Å². The van der Waals surface area contributed by atoms with Gasteiger partial charge < -0.3 is 0 Å².